The van der Waals surface area contributed by atoms with E-state index in [2.05, 4.69) is 80.3 Å². The van der Waals surface area contributed by atoms with Crippen molar-refractivity contribution in [1.82, 2.24) is 0 Å². The zero-order valence-corrected chi connectivity index (χ0v) is 17.4. The fourth-order valence-corrected chi connectivity index (χ4v) is 4.73. The van der Waals surface area contributed by atoms with Crippen molar-refractivity contribution in [2.45, 2.75) is 57.6 Å². The number of hydrogen-bond donors (Lipinski definition) is 0. The number of carboxylic acid groups (broad SMARTS) is 1. The number of para-hydroxylation sites is 1. The molecule has 0 saturated carbocycles. The third kappa shape index (κ3) is 3.21. The normalized spacial score (nSPS) is 21.0. The topological polar surface area (TPSA) is 52.6 Å². The lowest BCUT2D eigenvalue weighted by atomic mass is 9.76. The highest BCUT2D eigenvalue weighted by Crippen LogP contribution is 2.54. The van der Waals surface area contributed by atoms with Crippen molar-refractivity contribution in [2.24, 2.45) is 0 Å². The number of aliphatic carboxylic acids is 1. The third-order valence-electron chi connectivity index (χ3n) is 6.35. The Morgan fingerprint density at radius 3 is 2.69 bits per heavy atom. The molecule has 0 radical (unpaired) electrons. The van der Waals surface area contributed by atoms with Crippen molar-refractivity contribution >= 4 is 17.7 Å². The van der Waals surface area contributed by atoms with Crippen LogP contribution >= 0.6 is 0 Å². The van der Waals surface area contributed by atoms with E-state index in [1.165, 1.54) is 16.8 Å². The standard InChI is InChI=1S/C25H29NO3/c1-18-12-13-22-19(17-18)14-15-25(29-22)24(2,3)20-9-6-7-10-21(20)26(25)16-8-4-5-11-23(27)28/h6-7,9-10,12-15,17H,4-5,8,11,16H2,1-3H3,(H,27,28)/p-1. The summed E-state index contributed by atoms with van der Waals surface area (Å²) in [6, 6.07) is 14.8. The van der Waals surface area contributed by atoms with Gasteiger partial charge in [-0.2, -0.15) is 0 Å². The summed E-state index contributed by atoms with van der Waals surface area (Å²) in [4.78, 5) is 13.1. The van der Waals surface area contributed by atoms with Crippen LogP contribution in [0, 0.1) is 6.92 Å². The highest BCUT2D eigenvalue weighted by molar-refractivity contribution is 5.72. The summed E-state index contributed by atoms with van der Waals surface area (Å²) in [5.41, 5.74) is 3.94. The van der Waals surface area contributed by atoms with E-state index >= 15 is 0 Å². The maximum atomic E-state index is 10.7. The number of carbonyl (C=O) groups excluding carboxylic acids is 1. The largest absolute Gasteiger partial charge is 0.550 e. The number of carboxylic acids is 1. The number of unbranched alkanes of at least 4 members (excludes halogenated alkanes) is 2. The van der Waals surface area contributed by atoms with E-state index in [4.69, 9.17) is 4.74 Å². The van der Waals surface area contributed by atoms with Gasteiger partial charge in [0.05, 0.1) is 5.41 Å². The van der Waals surface area contributed by atoms with Crippen molar-refractivity contribution in [1.29, 1.82) is 0 Å². The van der Waals surface area contributed by atoms with Crippen LogP contribution in [0.4, 0.5) is 5.69 Å². The second-order valence-electron chi connectivity index (χ2n) is 8.65. The molecule has 0 aliphatic carbocycles. The molecule has 0 N–H and O–H groups in total. The minimum absolute atomic E-state index is 0.121. The summed E-state index contributed by atoms with van der Waals surface area (Å²) in [7, 11) is 0. The summed E-state index contributed by atoms with van der Waals surface area (Å²) in [5.74, 6) is -0.0690. The highest BCUT2D eigenvalue weighted by atomic mass is 16.5. The number of aryl methyl sites for hydroxylation is 1. The molecule has 4 heteroatoms. The van der Waals surface area contributed by atoms with E-state index in [0.717, 1.165) is 30.7 Å². The van der Waals surface area contributed by atoms with Crippen LogP contribution in [-0.4, -0.2) is 18.2 Å². The Balaban J connectivity index is 1.67. The first-order valence-electron chi connectivity index (χ1n) is 10.4. The average Bonchev–Trinajstić information content (AvgIpc) is 2.86. The minimum atomic E-state index is -0.973. The van der Waals surface area contributed by atoms with Crippen LogP contribution in [0.2, 0.25) is 0 Å². The van der Waals surface area contributed by atoms with Gasteiger partial charge in [0, 0.05) is 23.8 Å². The molecule has 0 aromatic heterocycles. The Kier molecular flexibility index (Phi) is 4.89. The summed E-state index contributed by atoms with van der Waals surface area (Å²) < 4.78 is 6.78. The van der Waals surface area contributed by atoms with Crippen molar-refractivity contribution < 1.29 is 14.6 Å². The SMILES string of the molecule is Cc1ccc2c(c1)C=CC1(O2)N(CCCCCC(=O)[O-])c2ccccc2C1(C)C. The van der Waals surface area contributed by atoms with Gasteiger partial charge < -0.3 is 19.5 Å². The van der Waals surface area contributed by atoms with Crippen molar-refractivity contribution in [2.75, 3.05) is 11.4 Å². The number of carbonyl (C=O) groups is 1. The molecule has 0 saturated heterocycles. The molecule has 0 bridgehead atoms. The predicted octanol–water partition coefficient (Wildman–Crippen LogP) is 4.21. The number of benzene rings is 2. The highest BCUT2D eigenvalue weighted by Gasteiger charge is 2.58. The average molecular weight is 391 g/mol. The molecular formula is C25H28NO3-. The number of hydrogen-bond acceptors (Lipinski definition) is 4. The van der Waals surface area contributed by atoms with Crippen LogP contribution in [-0.2, 0) is 10.2 Å². The smallest absolute Gasteiger partial charge is 0.212 e. The van der Waals surface area contributed by atoms with E-state index in [-0.39, 0.29) is 11.8 Å². The number of ether oxygens (including phenoxy) is 1. The number of rotatable bonds is 6. The van der Waals surface area contributed by atoms with Gasteiger partial charge in [0.15, 0.2) is 0 Å². The molecule has 29 heavy (non-hydrogen) atoms. The quantitative estimate of drug-likeness (QED) is 0.694. The molecule has 2 aromatic carbocycles. The molecule has 152 valence electrons. The summed E-state index contributed by atoms with van der Waals surface area (Å²) in [6.45, 7) is 7.38. The van der Waals surface area contributed by atoms with Crippen LogP contribution in [0.25, 0.3) is 6.08 Å². The van der Waals surface area contributed by atoms with Gasteiger partial charge >= 0.3 is 0 Å². The monoisotopic (exact) mass is 390 g/mol. The van der Waals surface area contributed by atoms with E-state index in [1.807, 2.05) is 0 Å². The lowest BCUT2D eigenvalue weighted by molar-refractivity contribution is -0.305. The van der Waals surface area contributed by atoms with Crippen LogP contribution in [0.3, 0.4) is 0 Å². The maximum absolute atomic E-state index is 10.7. The van der Waals surface area contributed by atoms with Gasteiger partial charge in [0.2, 0.25) is 5.72 Å². The fraction of sp³-hybridized carbons (Fsp3) is 0.400. The lowest BCUT2D eigenvalue weighted by Crippen LogP contribution is -2.59. The zero-order valence-electron chi connectivity index (χ0n) is 17.4. The van der Waals surface area contributed by atoms with Crippen LogP contribution in [0.15, 0.2) is 48.5 Å². The first kappa shape index (κ1) is 19.6. The summed E-state index contributed by atoms with van der Waals surface area (Å²) in [5, 5.41) is 10.7. The molecule has 0 fully saturated rings. The molecular weight excluding hydrogens is 362 g/mol. The second kappa shape index (κ2) is 7.25. The predicted molar refractivity (Wildman–Crippen MR) is 114 cm³/mol. The van der Waals surface area contributed by atoms with Crippen molar-refractivity contribution in [3.63, 3.8) is 0 Å². The van der Waals surface area contributed by atoms with Crippen LogP contribution in [0.1, 0.15) is 56.2 Å². The Hall–Kier alpha value is -2.75. The van der Waals surface area contributed by atoms with E-state index in [0.29, 0.717) is 6.42 Å². The molecule has 0 amide bonds. The minimum Gasteiger partial charge on any atom is -0.550 e. The summed E-state index contributed by atoms with van der Waals surface area (Å²) >= 11 is 0. The van der Waals surface area contributed by atoms with E-state index in [1.54, 1.807) is 0 Å². The van der Waals surface area contributed by atoms with Crippen LogP contribution < -0.4 is 14.7 Å². The van der Waals surface area contributed by atoms with E-state index in [9.17, 15) is 9.90 Å². The molecule has 2 aromatic rings. The van der Waals surface area contributed by atoms with E-state index < -0.39 is 11.7 Å². The molecule has 1 atom stereocenters. The zero-order chi connectivity index (χ0) is 20.6. The van der Waals surface area contributed by atoms with Gasteiger partial charge in [-0.15, -0.1) is 0 Å². The van der Waals surface area contributed by atoms with Crippen molar-refractivity contribution in [3.8, 4) is 5.75 Å². The summed E-state index contributed by atoms with van der Waals surface area (Å²) in [6.07, 6.45) is 6.90. The van der Waals surface area contributed by atoms with Gasteiger partial charge in [-0.05, 0) is 75.9 Å². The molecule has 4 rings (SSSR count). The molecule has 1 unspecified atom stereocenters. The molecule has 2 heterocycles. The Bertz CT molecular complexity index is 962. The molecule has 2 aliphatic heterocycles. The van der Waals surface area contributed by atoms with Gasteiger partial charge in [-0.3, -0.25) is 0 Å². The second-order valence-corrected chi connectivity index (χ2v) is 8.65. The van der Waals surface area contributed by atoms with Gasteiger partial charge in [0.25, 0.3) is 0 Å². The number of anilines is 1. The first-order chi connectivity index (χ1) is 13.8. The lowest BCUT2D eigenvalue weighted by Gasteiger charge is -2.47. The number of nitrogens with zero attached hydrogens (tertiary/aromatic N) is 1. The first-order valence-corrected chi connectivity index (χ1v) is 10.4. The Morgan fingerprint density at radius 2 is 1.90 bits per heavy atom. The molecule has 1 spiro atoms. The maximum Gasteiger partial charge on any atom is 0.212 e. The molecule has 4 nitrogen and oxygen atoms in total. The Labute approximate surface area is 172 Å². The Morgan fingerprint density at radius 1 is 1.10 bits per heavy atom. The van der Waals surface area contributed by atoms with Gasteiger partial charge in [-0.25, -0.2) is 0 Å². The van der Waals surface area contributed by atoms with Crippen LogP contribution in [0.5, 0.6) is 5.75 Å². The fourth-order valence-electron chi connectivity index (χ4n) is 4.73. The molecule has 2 aliphatic rings. The van der Waals surface area contributed by atoms with Gasteiger partial charge in [0.1, 0.15) is 5.75 Å². The van der Waals surface area contributed by atoms with Crippen molar-refractivity contribution in [3.05, 3.63) is 65.2 Å². The third-order valence-corrected chi connectivity index (χ3v) is 6.35. The number of fused-ring (bicyclic) bond motifs is 2. The van der Waals surface area contributed by atoms with Gasteiger partial charge in [-0.1, -0.05) is 36.2 Å².